The third kappa shape index (κ3) is 1.43. The molecule has 0 amide bonds. The predicted octanol–water partition coefficient (Wildman–Crippen LogP) is 4.11. The molecule has 4 bridgehead atoms. The summed E-state index contributed by atoms with van der Waals surface area (Å²) >= 11 is 0. The Bertz CT molecular complexity index is 673. The van der Waals surface area contributed by atoms with E-state index in [0.717, 1.165) is 18.3 Å². The molecule has 6 aliphatic rings. The summed E-state index contributed by atoms with van der Waals surface area (Å²) in [5, 5.41) is 0. The van der Waals surface area contributed by atoms with Crippen LogP contribution in [0.4, 0.5) is 0 Å². The molecule has 23 heavy (non-hydrogen) atoms. The number of hydrogen-bond donors (Lipinski definition) is 0. The molecule has 0 spiro atoms. The van der Waals surface area contributed by atoms with Crippen LogP contribution in [0.25, 0.3) is 0 Å². The van der Waals surface area contributed by atoms with Gasteiger partial charge in [-0.3, -0.25) is 9.59 Å². The Morgan fingerprint density at radius 2 is 1.78 bits per heavy atom. The second-order valence-electron chi connectivity index (χ2n) is 9.25. The van der Waals surface area contributed by atoms with Crippen molar-refractivity contribution in [2.24, 2.45) is 40.4 Å². The average Bonchev–Trinajstić information content (AvgIpc) is 2.86. The van der Waals surface area contributed by atoms with Gasteiger partial charge in [-0.05, 0) is 85.5 Å². The third-order valence-corrected chi connectivity index (χ3v) is 8.72. The first-order valence-electron chi connectivity index (χ1n) is 9.36. The third-order valence-electron chi connectivity index (χ3n) is 8.72. The van der Waals surface area contributed by atoms with E-state index in [9.17, 15) is 9.59 Å². The number of carbonyl (C=O) groups is 2. The van der Waals surface area contributed by atoms with Gasteiger partial charge in [0.2, 0.25) is 0 Å². The van der Waals surface area contributed by atoms with Crippen LogP contribution in [-0.4, -0.2) is 11.6 Å². The molecule has 0 unspecified atom stereocenters. The van der Waals surface area contributed by atoms with Crippen LogP contribution in [0, 0.1) is 40.4 Å². The van der Waals surface area contributed by atoms with E-state index in [2.05, 4.69) is 13.8 Å². The molecule has 0 heterocycles. The molecule has 5 saturated carbocycles. The molecular formula is C21H26O2. The second-order valence-corrected chi connectivity index (χ2v) is 9.25. The van der Waals surface area contributed by atoms with Crippen molar-refractivity contribution in [1.82, 2.24) is 0 Å². The van der Waals surface area contributed by atoms with Crippen LogP contribution in [0.1, 0.15) is 52.9 Å². The van der Waals surface area contributed by atoms with E-state index < -0.39 is 0 Å². The zero-order valence-corrected chi connectivity index (χ0v) is 14.4. The quantitative estimate of drug-likeness (QED) is 0.730. The standard InChI is InChI=1S/C21H26O2/c1-11(22)15-4-5-16-13-10-14-18-8-12(23)9-19(14)21(18,3)17(13)6-7-20(15,16)2/h8-9,13-17H,4-7,10H2,1-3H3/t13-,14?,15+,16-,17-,20+,21?/m0/s1. The summed E-state index contributed by atoms with van der Waals surface area (Å²) in [4.78, 5) is 23.9. The van der Waals surface area contributed by atoms with Crippen molar-refractivity contribution in [3.8, 4) is 0 Å². The summed E-state index contributed by atoms with van der Waals surface area (Å²) in [5.41, 5.74) is 3.29. The normalized spacial score (nSPS) is 52.8. The first kappa shape index (κ1) is 14.2. The van der Waals surface area contributed by atoms with Crippen molar-refractivity contribution in [2.45, 2.75) is 52.9 Å². The Kier molecular flexibility index (Phi) is 2.51. The van der Waals surface area contributed by atoms with Crippen LogP contribution in [-0.2, 0) is 9.59 Å². The van der Waals surface area contributed by atoms with E-state index >= 15 is 0 Å². The number of ketones is 2. The maximum atomic E-state index is 12.1. The molecule has 2 nitrogen and oxygen atoms in total. The Morgan fingerprint density at radius 3 is 2.43 bits per heavy atom. The lowest BCUT2D eigenvalue weighted by molar-refractivity contribution is -0.129. The number of allylic oxidation sites excluding steroid dienone is 4. The molecule has 0 N–H and O–H groups in total. The van der Waals surface area contributed by atoms with E-state index in [4.69, 9.17) is 0 Å². The van der Waals surface area contributed by atoms with Crippen molar-refractivity contribution >= 4 is 11.6 Å². The molecule has 6 rings (SSSR count). The maximum absolute atomic E-state index is 12.1. The highest BCUT2D eigenvalue weighted by Crippen LogP contribution is 2.75. The lowest BCUT2D eigenvalue weighted by Gasteiger charge is -2.68. The number of Topliss-reactive ketones (excluding diaryl/α,β-unsaturated/α-hetero) is 1. The molecule has 0 saturated heterocycles. The highest BCUT2D eigenvalue weighted by atomic mass is 16.1. The van der Waals surface area contributed by atoms with Crippen LogP contribution < -0.4 is 0 Å². The zero-order valence-electron chi connectivity index (χ0n) is 14.4. The second kappa shape index (κ2) is 4.07. The van der Waals surface area contributed by atoms with Gasteiger partial charge in [0, 0.05) is 17.3 Å². The Morgan fingerprint density at radius 1 is 1.09 bits per heavy atom. The van der Waals surface area contributed by atoms with Gasteiger partial charge in [-0.15, -0.1) is 0 Å². The summed E-state index contributed by atoms with van der Waals surface area (Å²) in [6.07, 6.45) is 9.87. The van der Waals surface area contributed by atoms with Crippen LogP contribution in [0.5, 0.6) is 0 Å². The van der Waals surface area contributed by atoms with Crippen molar-refractivity contribution in [1.29, 1.82) is 0 Å². The summed E-state index contributed by atoms with van der Waals surface area (Å²) in [6.45, 7) is 6.60. The van der Waals surface area contributed by atoms with Gasteiger partial charge in [-0.25, -0.2) is 0 Å². The molecule has 2 heteroatoms. The number of carbonyl (C=O) groups excluding carboxylic acids is 2. The van der Waals surface area contributed by atoms with Crippen LogP contribution in [0.2, 0.25) is 0 Å². The Labute approximate surface area is 138 Å². The van der Waals surface area contributed by atoms with Gasteiger partial charge in [0.05, 0.1) is 0 Å². The molecule has 5 atom stereocenters. The summed E-state index contributed by atoms with van der Waals surface area (Å²) in [6, 6.07) is 0. The fraction of sp³-hybridized carbons (Fsp3) is 0.714. The average molecular weight is 310 g/mol. The number of fused-ring (bicyclic) bond motifs is 1. The van der Waals surface area contributed by atoms with Gasteiger partial charge in [0.25, 0.3) is 0 Å². The summed E-state index contributed by atoms with van der Waals surface area (Å²) in [7, 11) is 0. The molecule has 122 valence electrons. The molecule has 0 aromatic carbocycles. The molecule has 0 aromatic heterocycles. The lowest BCUT2D eigenvalue weighted by atomic mass is 9.36. The lowest BCUT2D eigenvalue weighted by Crippen LogP contribution is -2.60. The fourth-order valence-corrected chi connectivity index (χ4v) is 7.78. The van der Waals surface area contributed by atoms with Crippen molar-refractivity contribution in [3.63, 3.8) is 0 Å². The minimum atomic E-state index is 0.178. The molecule has 0 aliphatic heterocycles. The predicted molar refractivity (Wildman–Crippen MR) is 88.6 cm³/mol. The van der Waals surface area contributed by atoms with Crippen LogP contribution >= 0.6 is 0 Å². The van der Waals surface area contributed by atoms with Gasteiger partial charge >= 0.3 is 0 Å². The summed E-state index contributed by atoms with van der Waals surface area (Å²) in [5.74, 6) is 3.64. The maximum Gasteiger partial charge on any atom is 0.178 e. The smallest absolute Gasteiger partial charge is 0.178 e. The van der Waals surface area contributed by atoms with E-state index in [-0.39, 0.29) is 16.6 Å². The van der Waals surface area contributed by atoms with Crippen molar-refractivity contribution in [3.05, 3.63) is 23.3 Å². The van der Waals surface area contributed by atoms with Crippen molar-refractivity contribution < 1.29 is 9.59 Å². The Balaban J connectivity index is 1.53. The van der Waals surface area contributed by atoms with Gasteiger partial charge < -0.3 is 0 Å². The fourth-order valence-electron chi connectivity index (χ4n) is 7.78. The van der Waals surface area contributed by atoms with Gasteiger partial charge in [0.15, 0.2) is 5.78 Å². The zero-order chi connectivity index (χ0) is 16.1. The summed E-state index contributed by atoms with van der Waals surface area (Å²) < 4.78 is 0. The molecular weight excluding hydrogens is 284 g/mol. The first-order valence-corrected chi connectivity index (χ1v) is 9.36. The number of rotatable bonds is 1. The van der Waals surface area contributed by atoms with Crippen LogP contribution in [0.15, 0.2) is 23.3 Å². The van der Waals surface area contributed by atoms with Gasteiger partial charge in [-0.1, -0.05) is 13.8 Å². The van der Waals surface area contributed by atoms with Crippen LogP contribution in [0.3, 0.4) is 0 Å². The van der Waals surface area contributed by atoms with E-state index in [1.807, 2.05) is 12.2 Å². The minimum Gasteiger partial charge on any atom is -0.300 e. The molecule has 6 aliphatic carbocycles. The van der Waals surface area contributed by atoms with Crippen molar-refractivity contribution in [2.75, 3.05) is 0 Å². The van der Waals surface area contributed by atoms with Gasteiger partial charge in [0.1, 0.15) is 5.78 Å². The topological polar surface area (TPSA) is 34.1 Å². The largest absolute Gasteiger partial charge is 0.300 e. The molecule has 0 aromatic rings. The number of hydrogen-bond acceptors (Lipinski definition) is 2. The Hall–Kier alpha value is -1.18. The van der Waals surface area contributed by atoms with E-state index in [1.54, 1.807) is 6.92 Å². The molecule has 5 fully saturated rings. The monoisotopic (exact) mass is 310 g/mol. The highest BCUT2D eigenvalue weighted by Gasteiger charge is 2.67. The minimum absolute atomic E-state index is 0.178. The van der Waals surface area contributed by atoms with E-state index in [0.29, 0.717) is 23.5 Å². The highest BCUT2D eigenvalue weighted by molar-refractivity contribution is 6.04. The van der Waals surface area contributed by atoms with Gasteiger partial charge in [-0.2, -0.15) is 0 Å². The first-order chi connectivity index (χ1) is 10.9. The molecule has 0 radical (unpaired) electrons. The SMILES string of the molecule is CC(=O)[C@H]1CC[C@H]2[C@@H]3CC4C5=CC(=O)C=C4C5(C)[C@H]3CC[C@]12C. The van der Waals surface area contributed by atoms with E-state index in [1.165, 1.54) is 36.8 Å².